The SMILES string of the molecule is CC(CO)CCCCCCO.OCCCCCCCCO. The van der Waals surface area contributed by atoms with Crippen molar-refractivity contribution in [1.82, 2.24) is 0 Å². The number of unbranched alkanes of at least 4 members (excludes halogenated alkanes) is 8. The molecule has 0 saturated carbocycles. The monoisotopic (exact) mass is 306 g/mol. The Morgan fingerprint density at radius 2 is 0.857 bits per heavy atom. The van der Waals surface area contributed by atoms with Crippen molar-refractivity contribution in [2.75, 3.05) is 26.4 Å². The van der Waals surface area contributed by atoms with Gasteiger partial charge in [-0.25, -0.2) is 0 Å². The van der Waals surface area contributed by atoms with Gasteiger partial charge in [-0.15, -0.1) is 0 Å². The van der Waals surface area contributed by atoms with E-state index in [-0.39, 0.29) is 0 Å². The third-order valence-corrected chi connectivity index (χ3v) is 3.48. The van der Waals surface area contributed by atoms with E-state index in [9.17, 15) is 0 Å². The van der Waals surface area contributed by atoms with Crippen LogP contribution in [0.3, 0.4) is 0 Å². The number of aliphatic hydroxyl groups is 4. The maximum Gasteiger partial charge on any atom is 0.0456 e. The molecule has 21 heavy (non-hydrogen) atoms. The van der Waals surface area contributed by atoms with Crippen molar-refractivity contribution in [3.05, 3.63) is 0 Å². The molecule has 4 nitrogen and oxygen atoms in total. The van der Waals surface area contributed by atoms with Crippen LogP contribution in [0.2, 0.25) is 0 Å². The molecule has 4 N–H and O–H groups in total. The molecule has 0 saturated heterocycles. The average molecular weight is 306 g/mol. The number of aliphatic hydroxyl groups excluding tert-OH is 4. The molecule has 130 valence electrons. The van der Waals surface area contributed by atoms with Gasteiger partial charge in [0.15, 0.2) is 0 Å². The molecule has 0 rings (SSSR count). The number of hydrogen-bond donors (Lipinski definition) is 4. The highest BCUT2D eigenvalue weighted by atomic mass is 16.3. The van der Waals surface area contributed by atoms with E-state index in [1.54, 1.807) is 0 Å². The van der Waals surface area contributed by atoms with Crippen molar-refractivity contribution in [2.24, 2.45) is 5.92 Å². The number of hydrogen-bond acceptors (Lipinski definition) is 4. The highest BCUT2D eigenvalue weighted by Crippen LogP contribution is 2.09. The minimum atomic E-state index is 0.306. The summed E-state index contributed by atoms with van der Waals surface area (Å²) < 4.78 is 0. The normalized spacial score (nSPS) is 11.9. The fourth-order valence-corrected chi connectivity index (χ4v) is 1.98. The van der Waals surface area contributed by atoms with E-state index in [0.717, 1.165) is 44.9 Å². The lowest BCUT2D eigenvalue weighted by Crippen LogP contribution is -1.99. The maximum absolute atomic E-state index is 8.70. The lowest BCUT2D eigenvalue weighted by atomic mass is 10.0. The van der Waals surface area contributed by atoms with Crippen molar-refractivity contribution >= 4 is 0 Å². The smallest absolute Gasteiger partial charge is 0.0456 e. The van der Waals surface area contributed by atoms with Crippen LogP contribution >= 0.6 is 0 Å². The van der Waals surface area contributed by atoms with Gasteiger partial charge < -0.3 is 20.4 Å². The van der Waals surface area contributed by atoms with Gasteiger partial charge in [0.2, 0.25) is 0 Å². The summed E-state index contributed by atoms with van der Waals surface area (Å²) >= 11 is 0. The Morgan fingerprint density at radius 1 is 0.524 bits per heavy atom. The Bertz CT molecular complexity index is 157. The molecule has 1 unspecified atom stereocenters. The molecule has 0 heterocycles. The summed E-state index contributed by atoms with van der Waals surface area (Å²) in [6, 6.07) is 0. The van der Waals surface area contributed by atoms with Crippen molar-refractivity contribution in [3.63, 3.8) is 0 Å². The van der Waals surface area contributed by atoms with E-state index in [1.165, 1.54) is 25.7 Å². The molecule has 0 aliphatic rings. The molecule has 0 amide bonds. The zero-order valence-electron chi connectivity index (χ0n) is 14.0. The van der Waals surface area contributed by atoms with E-state index in [0.29, 0.717) is 32.3 Å². The largest absolute Gasteiger partial charge is 0.396 e. The quantitative estimate of drug-likeness (QED) is 0.372. The first-order valence-electron chi connectivity index (χ1n) is 8.66. The second-order valence-corrected chi connectivity index (χ2v) is 5.78. The van der Waals surface area contributed by atoms with Crippen LogP contribution in [0, 0.1) is 5.92 Å². The predicted molar refractivity (Wildman–Crippen MR) is 88.3 cm³/mol. The summed E-state index contributed by atoms with van der Waals surface area (Å²) in [5.41, 5.74) is 0. The van der Waals surface area contributed by atoms with Crippen molar-refractivity contribution < 1.29 is 20.4 Å². The van der Waals surface area contributed by atoms with Crippen molar-refractivity contribution in [3.8, 4) is 0 Å². The molecule has 0 aromatic heterocycles. The molecule has 1 atom stereocenters. The third-order valence-electron chi connectivity index (χ3n) is 3.48. The Kier molecular flexibility index (Phi) is 24.4. The second-order valence-electron chi connectivity index (χ2n) is 5.78. The Labute approximate surface area is 131 Å². The fraction of sp³-hybridized carbons (Fsp3) is 1.00. The Balaban J connectivity index is 0. The number of rotatable bonds is 14. The first-order chi connectivity index (χ1) is 10.2. The third kappa shape index (κ3) is 25.2. The Morgan fingerprint density at radius 3 is 1.19 bits per heavy atom. The van der Waals surface area contributed by atoms with E-state index in [1.807, 2.05) is 0 Å². The lowest BCUT2D eigenvalue weighted by molar-refractivity contribution is 0.226. The van der Waals surface area contributed by atoms with Gasteiger partial charge in [0, 0.05) is 26.4 Å². The molecule has 0 aliphatic carbocycles. The van der Waals surface area contributed by atoms with Crippen LogP contribution in [-0.4, -0.2) is 46.9 Å². The molecule has 0 aromatic rings. The summed E-state index contributed by atoms with van der Waals surface area (Å²) in [6.45, 7) is 3.32. The summed E-state index contributed by atoms with van der Waals surface area (Å²) in [7, 11) is 0. The summed E-state index contributed by atoms with van der Waals surface area (Å²) in [4.78, 5) is 0. The topological polar surface area (TPSA) is 80.9 Å². The van der Waals surface area contributed by atoms with Crippen LogP contribution in [0.25, 0.3) is 0 Å². The summed E-state index contributed by atoms with van der Waals surface area (Å²) in [5, 5.41) is 34.0. The minimum absolute atomic E-state index is 0.306. The van der Waals surface area contributed by atoms with Gasteiger partial charge in [-0.05, 0) is 31.6 Å². The molecule has 0 aromatic carbocycles. The first kappa shape index (κ1) is 23.1. The van der Waals surface area contributed by atoms with E-state index >= 15 is 0 Å². The maximum atomic E-state index is 8.70. The fourth-order valence-electron chi connectivity index (χ4n) is 1.98. The van der Waals surface area contributed by atoms with Crippen molar-refractivity contribution in [1.29, 1.82) is 0 Å². The first-order valence-corrected chi connectivity index (χ1v) is 8.66. The van der Waals surface area contributed by atoms with Gasteiger partial charge in [0.25, 0.3) is 0 Å². The van der Waals surface area contributed by atoms with Crippen LogP contribution in [-0.2, 0) is 0 Å². The molecule has 0 aliphatic heterocycles. The van der Waals surface area contributed by atoms with Gasteiger partial charge in [0.05, 0.1) is 0 Å². The van der Waals surface area contributed by atoms with Crippen LogP contribution in [0.5, 0.6) is 0 Å². The highest BCUT2D eigenvalue weighted by Gasteiger charge is 1.98. The van der Waals surface area contributed by atoms with Gasteiger partial charge in [0.1, 0.15) is 0 Å². The molecule has 0 radical (unpaired) electrons. The standard InChI is InChI=1S/C9H20O2.C8H18O2/c1-9(8-11)6-4-2-3-5-7-10;9-7-5-3-1-2-4-6-8-10/h9-11H,2-8H2,1H3;9-10H,1-8H2. The van der Waals surface area contributed by atoms with Crippen LogP contribution in [0.4, 0.5) is 0 Å². The van der Waals surface area contributed by atoms with E-state index < -0.39 is 0 Å². The van der Waals surface area contributed by atoms with Gasteiger partial charge in [-0.2, -0.15) is 0 Å². The van der Waals surface area contributed by atoms with Gasteiger partial charge >= 0.3 is 0 Å². The van der Waals surface area contributed by atoms with Crippen LogP contribution < -0.4 is 0 Å². The molecular weight excluding hydrogens is 268 g/mol. The zero-order valence-corrected chi connectivity index (χ0v) is 14.0. The van der Waals surface area contributed by atoms with Crippen molar-refractivity contribution in [2.45, 2.75) is 77.6 Å². The average Bonchev–Trinajstić information content (AvgIpc) is 2.51. The predicted octanol–water partition coefficient (Wildman–Crippen LogP) is 2.87. The molecule has 0 spiro atoms. The summed E-state index contributed by atoms with van der Waals surface area (Å²) in [5.74, 6) is 0.448. The molecular formula is C17H38O4. The molecule has 0 fully saturated rings. The Hall–Kier alpha value is -0.160. The molecule has 0 bridgehead atoms. The van der Waals surface area contributed by atoms with Gasteiger partial charge in [-0.3, -0.25) is 0 Å². The van der Waals surface area contributed by atoms with E-state index in [4.69, 9.17) is 20.4 Å². The molecule has 4 heteroatoms. The second kappa shape index (κ2) is 22.1. The summed E-state index contributed by atoms with van der Waals surface area (Å²) in [6.07, 6.45) is 12.0. The van der Waals surface area contributed by atoms with E-state index in [2.05, 4.69) is 6.92 Å². The van der Waals surface area contributed by atoms with Crippen LogP contribution in [0.15, 0.2) is 0 Å². The van der Waals surface area contributed by atoms with Crippen LogP contribution in [0.1, 0.15) is 77.6 Å². The van der Waals surface area contributed by atoms with Gasteiger partial charge in [-0.1, -0.05) is 51.9 Å². The highest BCUT2D eigenvalue weighted by molar-refractivity contribution is 4.51. The zero-order chi connectivity index (χ0) is 16.2. The lowest BCUT2D eigenvalue weighted by Gasteiger charge is -2.05. The minimum Gasteiger partial charge on any atom is -0.396 e.